The van der Waals surface area contributed by atoms with Crippen LogP contribution in [0, 0.1) is 11.8 Å². The predicted molar refractivity (Wildman–Crippen MR) is 87.0 cm³/mol. The first kappa shape index (κ1) is 19.9. The van der Waals surface area contributed by atoms with Crippen molar-refractivity contribution in [1.29, 1.82) is 0 Å². The topological polar surface area (TPSA) is 65.1 Å². The quantitative estimate of drug-likeness (QED) is 0.404. The van der Waals surface area contributed by atoms with Crippen molar-refractivity contribution in [2.24, 2.45) is 11.8 Å². The van der Waals surface area contributed by atoms with Crippen molar-refractivity contribution in [1.82, 2.24) is 4.90 Å². The van der Waals surface area contributed by atoms with Gasteiger partial charge in [-0.25, -0.2) is 0 Å². The van der Waals surface area contributed by atoms with E-state index in [4.69, 9.17) is 14.2 Å². The van der Waals surface area contributed by atoms with E-state index in [1.165, 1.54) is 20.0 Å². The first-order valence-electron chi connectivity index (χ1n) is 8.55. The van der Waals surface area contributed by atoms with Crippen molar-refractivity contribution in [3.8, 4) is 0 Å². The van der Waals surface area contributed by atoms with Crippen molar-refractivity contribution < 1.29 is 23.8 Å². The number of carbonyl (C=O) groups is 2. The summed E-state index contributed by atoms with van der Waals surface area (Å²) in [7, 11) is 1.36. The van der Waals surface area contributed by atoms with Crippen LogP contribution < -0.4 is 0 Å². The third-order valence-electron chi connectivity index (χ3n) is 3.96. The fraction of sp³-hybridized carbons (Fsp3) is 0.882. The lowest BCUT2D eigenvalue weighted by molar-refractivity contribution is -0.149. The first-order valence-corrected chi connectivity index (χ1v) is 8.55. The van der Waals surface area contributed by atoms with Crippen molar-refractivity contribution in [2.75, 3.05) is 40.0 Å². The highest BCUT2D eigenvalue weighted by Gasteiger charge is 2.28. The van der Waals surface area contributed by atoms with E-state index >= 15 is 0 Å². The van der Waals surface area contributed by atoms with E-state index in [-0.39, 0.29) is 17.8 Å². The number of amides is 1. The number of rotatable bonds is 12. The zero-order valence-electron chi connectivity index (χ0n) is 14.9. The molecule has 1 rings (SSSR count). The summed E-state index contributed by atoms with van der Waals surface area (Å²) in [6.07, 6.45) is 2.65. The SMILES string of the molecule is CCOCCCN(C[C@@H](C)C(=O)OC)C(=O)[C@H](C)OCC1CC1. The summed E-state index contributed by atoms with van der Waals surface area (Å²) in [6.45, 7) is 8.29. The fourth-order valence-corrected chi connectivity index (χ4v) is 2.29. The zero-order chi connectivity index (χ0) is 17.2. The first-order chi connectivity index (χ1) is 11.0. The molecule has 0 radical (unpaired) electrons. The number of hydrogen-bond donors (Lipinski definition) is 0. The summed E-state index contributed by atoms with van der Waals surface area (Å²) in [5.74, 6) is -0.116. The van der Waals surface area contributed by atoms with Gasteiger partial charge in [-0.15, -0.1) is 0 Å². The van der Waals surface area contributed by atoms with Crippen LogP contribution in [0.3, 0.4) is 0 Å². The van der Waals surface area contributed by atoms with Gasteiger partial charge in [-0.2, -0.15) is 0 Å². The van der Waals surface area contributed by atoms with Crippen molar-refractivity contribution in [2.45, 2.75) is 46.1 Å². The maximum atomic E-state index is 12.6. The van der Waals surface area contributed by atoms with Crippen LogP contribution >= 0.6 is 0 Å². The molecule has 0 aromatic heterocycles. The van der Waals surface area contributed by atoms with E-state index in [1.807, 2.05) is 6.92 Å². The summed E-state index contributed by atoms with van der Waals surface area (Å²) in [6, 6.07) is 0. The number of esters is 1. The van der Waals surface area contributed by atoms with Gasteiger partial charge in [0, 0.05) is 26.3 Å². The van der Waals surface area contributed by atoms with Gasteiger partial charge >= 0.3 is 5.97 Å². The smallest absolute Gasteiger partial charge is 0.310 e. The molecule has 0 aromatic carbocycles. The fourth-order valence-electron chi connectivity index (χ4n) is 2.29. The molecule has 6 heteroatoms. The van der Waals surface area contributed by atoms with E-state index in [0.29, 0.717) is 38.8 Å². The zero-order valence-corrected chi connectivity index (χ0v) is 14.9. The van der Waals surface area contributed by atoms with Crippen LogP contribution in [0.1, 0.15) is 40.0 Å². The summed E-state index contributed by atoms with van der Waals surface area (Å²) in [4.78, 5) is 25.9. The third-order valence-corrected chi connectivity index (χ3v) is 3.96. The van der Waals surface area contributed by atoms with Gasteiger partial charge in [-0.3, -0.25) is 9.59 Å². The van der Waals surface area contributed by atoms with Gasteiger partial charge in [0.1, 0.15) is 6.10 Å². The lowest BCUT2D eigenvalue weighted by Crippen LogP contribution is -2.43. The van der Waals surface area contributed by atoms with Gasteiger partial charge in [-0.1, -0.05) is 6.92 Å². The second-order valence-electron chi connectivity index (χ2n) is 6.18. The Hall–Kier alpha value is -1.14. The van der Waals surface area contributed by atoms with Crippen LogP contribution in [0.2, 0.25) is 0 Å². The lowest BCUT2D eigenvalue weighted by atomic mass is 10.1. The monoisotopic (exact) mass is 329 g/mol. The second kappa shape index (κ2) is 10.6. The second-order valence-corrected chi connectivity index (χ2v) is 6.18. The number of carbonyl (C=O) groups excluding carboxylic acids is 2. The van der Waals surface area contributed by atoms with E-state index in [0.717, 1.165) is 6.42 Å². The summed E-state index contributed by atoms with van der Waals surface area (Å²) in [5.41, 5.74) is 0. The largest absolute Gasteiger partial charge is 0.469 e. The Morgan fingerprint density at radius 1 is 1.26 bits per heavy atom. The minimum atomic E-state index is -0.479. The average Bonchev–Trinajstić information content (AvgIpc) is 3.38. The van der Waals surface area contributed by atoms with Gasteiger partial charge in [0.15, 0.2) is 0 Å². The molecule has 0 unspecified atom stereocenters. The van der Waals surface area contributed by atoms with E-state index < -0.39 is 6.10 Å². The molecule has 1 aliphatic carbocycles. The van der Waals surface area contributed by atoms with Crippen LogP contribution in [0.5, 0.6) is 0 Å². The molecule has 6 nitrogen and oxygen atoms in total. The Labute approximate surface area is 139 Å². The van der Waals surface area contributed by atoms with Crippen molar-refractivity contribution in [3.05, 3.63) is 0 Å². The molecular formula is C17H31NO5. The number of nitrogens with zero attached hydrogens (tertiary/aromatic N) is 1. The lowest BCUT2D eigenvalue weighted by Gasteiger charge is -2.27. The molecule has 0 aliphatic heterocycles. The van der Waals surface area contributed by atoms with E-state index in [9.17, 15) is 9.59 Å². The van der Waals surface area contributed by atoms with Crippen LogP contribution in [0.15, 0.2) is 0 Å². The van der Waals surface area contributed by atoms with Gasteiger partial charge in [0.25, 0.3) is 5.91 Å². The third kappa shape index (κ3) is 7.79. The number of hydrogen-bond acceptors (Lipinski definition) is 5. The van der Waals surface area contributed by atoms with Crippen LogP contribution in [-0.4, -0.2) is 62.9 Å². The Kier molecular flexibility index (Phi) is 9.17. The Bertz CT molecular complexity index is 370. The van der Waals surface area contributed by atoms with Crippen LogP contribution in [0.25, 0.3) is 0 Å². The van der Waals surface area contributed by atoms with E-state index in [2.05, 4.69) is 0 Å². The Balaban J connectivity index is 2.51. The molecule has 0 saturated heterocycles. The summed E-state index contributed by atoms with van der Waals surface area (Å²) >= 11 is 0. The molecule has 0 bridgehead atoms. The number of ether oxygens (including phenoxy) is 3. The standard InChI is InChI=1S/C17H31NO5/c1-5-22-10-6-9-18(11-13(2)17(20)21-4)16(19)14(3)23-12-15-7-8-15/h13-15H,5-12H2,1-4H3/t13-,14+/m1/s1. The summed E-state index contributed by atoms with van der Waals surface area (Å²) in [5, 5.41) is 0. The molecular weight excluding hydrogens is 298 g/mol. The average molecular weight is 329 g/mol. The van der Waals surface area contributed by atoms with E-state index in [1.54, 1.807) is 18.7 Å². The minimum Gasteiger partial charge on any atom is -0.469 e. The maximum Gasteiger partial charge on any atom is 0.310 e. The molecule has 0 heterocycles. The van der Waals surface area contributed by atoms with Gasteiger partial charge in [0.05, 0.1) is 19.6 Å². The predicted octanol–water partition coefficient (Wildman–Crippen LogP) is 1.87. The molecule has 2 atom stereocenters. The number of methoxy groups -OCH3 is 1. The van der Waals surface area contributed by atoms with Crippen LogP contribution in [-0.2, 0) is 23.8 Å². The molecule has 1 amide bonds. The van der Waals surface area contributed by atoms with Gasteiger partial charge in [0.2, 0.25) is 0 Å². The molecule has 134 valence electrons. The highest BCUT2D eigenvalue weighted by molar-refractivity contribution is 5.81. The highest BCUT2D eigenvalue weighted by Crippen LogP contribution is 2.29. The van der Waals surface area contributed by atoms with Gasteiger partial charge < -0.3 is 19.1 Å². The normalized spacial score (nSPS) is 16.7. The van der Waals surface area contributed by atoms with Crippen molar-refractivity contribution in [3.63, 3.8) is 0 Å². The molecule has 1 saturated carbocycles. The molecule has 0 aromatic rings. The minimum absolute atomic E-state index is 0.0714. The Morgan fingerprint density at radius 2 is 1.96 bits per heavy atom. The maximum absolute atomic E-state index is 12.6. The van der Waals surface area contributed by atoms with Crippen LogP contribution in [0.4, 0.5) is 0 Å². The molecule has 0 N–H and O–H groups in total. The van der Waals surface area contributed by atoms with Crippen molar-refractivity contribution >= 4 is 11.9 Å². The summed E-state index contributed by atoms with van der Waals surface area (Å²) < 4.78 is 15.7. The molecule has 0 spiro atoms. The molecule has 23 heavy (non-hydrogen) atoms. The highest BCUT2D eigenvalue weighted by atomic mass is 16.5. The molecule has 1 aliphatic rings. The Morgan fingerprint density at radius 3 is 2.52 bits per heavy atom. The van der Waals surface area contributed by atoms with Gasteiger partial charge in [-0.05, 0) is 39.0 Å². The molecule has 1 fully saturated rings.